The van der Waals surface area contributed by atoms with Gasteiger partial charge >= 0.3 is 6.03 Å². The van der Waals surface area contributed by atoms with Crippen LogP contribution in [-0.2, 0) is 9.59 Å². The Morgan fingerprint density at radius 3 is 2.31 bits per heavy atom. The second kappa shape index (κ2) is 5.83. The summed E-state index contributed by atoms with van der Waals surface area (Å²) < 4.78 is 0. The zero-order valence-corrected chi connectivity index (χ0v) is 17.5. The largest absolute Gasteiger partial charge is 0.327 e. The van der Waals surface area contributed by atoms with Crippen LogP contribution in [0.25, 0.3) is 0 Å². The standard InChI is InChI=1S/C24H30N2O3/c1-24(19-10-13-3-4-16(19)9-13)22(28)26(23(29)25(24)2)12-20(27)21-17-7-8-18(21)15-6-5-14(17)11-15/h13,16,19,21H,3-12H2,1-2H3/t13-,16+,19?,24?/m1/s1. The summed E-state index contributed by atoms with van der Waals surface area (Å²) in [6.07, 6.45) is 9.95. The number of allylic oxidation sites excluding steroid dienone is 4. The van der Waals surface area contributed by atoms with E-state index in [1.165, 1.54) is 46.5 Å². The Morgan fingerprint density at radius 2 is 1.72 bits per heavy atom. The third-order valence-electron chi connectivity index (χ3n) is 9.41. The number of hydrogen-bond acceptors (Lipinski definition) is 3. The third-order valence-corrected chi connectivity index (χ3v) is 9.41. The summed E-state index contributed by atoms with van der Waals surface area (Å²) in [5, 5.41) is 0. The smallest absolute Gasteiger partial charge is 0.313 e. The fourth-order valence-electron chi connectivity index (χ4n) is 7.81. The van der Waals surface area contributed by atoms with Crippen LogP contribution < -0.4 is 0 Å². The number of urea groups is 1. The van der Waals surface area contributed by atoms with Crippen LogP contribution in [0.1, 0.15) is 64.7 Å². The van der Waals surface area contributed by atoms with Crippen molar-refractivity contribution in [1.82, 2.24) is 9.80 Å². The number of Topliss-reactive ketones (excluding diaryl/α,β-unsaturated/α-hetero) is 1. The highest BCUT2D eigenvalue weighted by molar-refractivity contribution is 6.09. The molecule has 2 unspecified atom stereocenters. The summed E-state index contributed by atoms with van der Waals surface area (Å²) in [6, 6.07) is -0.282. The fourth-order valence-corrected chi connectivity index (χ4v) is 7.81. The average Bonchev–Trinajstić information content (AvgIpc) is 3.49. The van der Waals surface area contributed by atoms with Crippen LogP contribution in [-0.4, -0.2) is 46.7 Å². The lowest BCUT2D eigenvalue weighted by Gasteiger charge is -2.39. The number of rotatable bonds is 4. The van der Waals surface area contributed by atoms with Crippen LogP contribution in [0.15, 0.2) is 22.3 Å². The number of carbonyl (C=O) groups excluding carboxylic acids is 3. The van der Waals surface area contributed by atoms with E-state index in [2.05, 4.69) is 0 Å². The van der Waals surface area contributed by atoms with E-state index in [1.54, 1.807) is 11.9 Å². The number of amides is 3. The molecule has 6 aliphatic rings. The number of hydrogen-bond donors (Lipinski definition) is 0. The van der Waals surface area contributed by atoms with E-state index in [0.717, 1.165) is 38.5 Å². The molecule has 6 rings (SSSR count). The number of ketones is 1. The summed E-state index contributed by atoms with van der Waals surface area (Å²) in [5.41, 5.74) is 4.76. The Labute approximate surface area is 172 Å². The molecule has 0 aromatic heterocycles. The van der Waals surface area contributed by atoms with Gasteiger partial charge < -0.3 is 4.90 Å². The van der Waals surface area contributed by atoms with E-state index < -0.39 is 5.54 Å². The normalized spacial score (nSPS) is 38.5. The second-order valence-electron chi connectivity index (χ2n) is 10.5. The number of fused-ring (bicyclic) bond motifs is 6. The monoisotopic (exact) mass is 394 g/mol. The maximum absolute atomic E-state index is 13.5. The molecule has 5 fully saturated rings. The van der Waals surface area contributed by atoms with E-state index in [1.807, 2.05) is 6.92 Å². The lowest BCUT2D eigenvalue weighted by atomic mass is 9.74. The van der Waals surface area contributed by atoms with Gasteiger partial charge in [0, 0.05) is 7.05 Å². The Bertz CT molecular complexity index is 887. The SMILES string of the molecule is CN1C(=O)N(CC(=O)C2C3=C4CCC(=C2CC3)C4)C(=O)C1(C)C1C[C@@H]2CC[C@H]1C2. The number of nitrogens with zero attached hydrogens (tertiary/aromatic N) is 2. The molecular weight excluding hydrogens is 364 g/mol. The van der Waals surface area contributed by atoms with Crippen LogP contribution in [0, 0.1) is 23.7 Å². The molecular formula is C24H30N2O3. The fraction of sp³-hybridized carbons (Fsp3) is 0.708. The highest BCUT2D eigenvalue weighted by Crippen LogP contribution is 2.55. The van der Waals surface area contributed by atoms with Crippen LogP contribution >= 0.6 is 0 Å². The predicted octanol–water partition coefficient (Wildman–Crippen LogP) is 3.85. The molecule has 1 heterocycles. The molecule has 5 nitrogen and oxygen atoms in total. The highest BCUT2D eigenvalue weighted by atomic mass is 16.2. The lowest BCUT2D eigenvalue weighted by Crippen LogP contribution is -2.53. The second-order valence-corrected chi connectivity index (χ2v) is 10.5. The molecule has 0 aromatic rings. The van der Waals surface area contributed by atoms with Crippen LogP contribution in [0.4, 0.5) is 4.79 Å². The van der Waals surface area contributed by atoms with Gasteiger partial charge in [-0.3, -0.25) is 14.5 Å². The number of carbonyl (C=O) groups is 3. The third kappa shape index (κ3) is 2.19. The van der Waals surface area contributed by atoms with Gasteiger partial charge in [0.05, 0.1) is 12.5 Å². The minimum atomic E-state index is -0.786. The first-order valence-corrected chi connectivity index (χ1v) is 11.4. The van der Waals surface area contributed by atoms with Crippen molar-refractivity contribution in [3.63, 3.8) is 0 Å². The molecule has 0 radical (unpaired) electrons. The van der Waals surface area contributed by atoms with Crippen LogP contribution in [0.2, 0.25) is 0 Å². The van der Waals surface area contributed by atoms with Gasteiger partial charge in [-0.1, -0.05) is 28.7 Å². The van der Waals surface area contributed by atoms with Gasteiger partial charge in [0.25, 0.3) is 5.91 Å². The van der Waals surface area contributed by atoms with Gasteiger partial charge in [0.15, 0.2) is 5.78 Å². The molecule has 0 spiro atoms. The Hall–Kier alpha value is -1.91. The first kappa shape index (κ1) is 17.9. The van der Waals surface area contributed by atoms with Crippen molar-refractivity contribution < 1.29 is 14.4 Å². The number of likely N-dealkylation sites (N-methyl/N-ethyl adjacent to an activating group) is 1. The molecule has 1 aliphatic heterocycles. The summed E-state index contributed by atoms with van der Waals surface area (Å²) in [4.78, 5) is 42.9. The topological polar surface area (TPSA) is 57.7 Å². The van der Waals surface area contributed by atoms with E-state index in [4.69, 9.17) is 0 Å². The molecule has 4 atom stereocenters. The van der Waals surface area contributed by atoms with Crippen molar-refractivity contribution in [1.29, 1.82) is 0 Å². The van der Waals surface area contributed by atoms with Gasteiger partial charge in [-0.05, 0) is 76.0 Å². The van der Waals surface area contributed by atoms with Gasteiger partial charge in [-0.15, -0.1) is 0 Å². The van der Waals surface area contributed by atoms with Gasteiger partial charge in [0.1, 0.15) is 5.54 Å². The minimum Gasteiger partial charge on any atom is -0.313 e. The number of imide groups is 1. The van der Waals surface area contributed by atoms with Crippen molar-refractivity contribution in [2.45, 2.75) is 70.3 Å². The van der Waals surface area contributed by atoms with E-state index in [0.29, 0.717) is 11.8 Å². The maximum Gasteiger partial charge on any atom is 0.327 e. The predicted molar refractivity (Wildman–Crippen MR) is 108 cm³/mol. The molecule has 1 saturated heterocycles. The highest BCUT2D eigenvalue weighted by Gasteiger charge is 2.61. The lowest BCUT2D eigenvalue weighted by molar-refractivity contribution is -0.138. The minimum absolute atomic E-state index is 0.0522. The van der Waals surface area contributed by atoms with Gasteiger partial charge in [-0.25, -0.2) is 4.79 Å². The van der Waals surface area contributed by atoms with Gasteiger partial charge in [-0.2, -0.15) is 0 Å². The molecule has 0 N–H and O–H groups in total. The van der Waals surface area contributed by atoms with Crippen molar-refractivity contribution in [3.8, 4) is 0 Å². The maximum atomic E-state index is 13.5. The van der Waals surface area contributed by atoms with E-state index in [-0.39, 0.29) is 36.1 Å². The zero-order valence-electron chi connectivity index (χ0n) is 17.5. The van der Waals surface area contributed by atoms with Crippen molar-refractivity contribution >= 4 is 17.7 Å². The van der Waals surface area contributed by atoms with Crippen LogP contribution in [0.3, 0.4) is 0 Å². The summed E-state index contributed by atoms with van der Waals surface area (Å²) in [6.45, 7) is 1.89. The average molecular weight is 395 g/mol. The van der Waals surface area contributed by atoms with Gasteiger partial charge in [0.2, 0.25) is 0 Å². The molecule has 6 bridgehead atoms. The quantitative estimate of drug-likeness (QED) is 0.538. The van der Waals surface area contributed by atoms with Crippen molar-refractivity contribution in [3.05, 3.63) is 22.3 Å². The molecule has 4 saturated carbocycles. The van der Waals surface area contributed by atoms with E-state index in [9.17, 15) is 14.4 Å². The summed E-state index contributed by atoms with van der Waals surface area (Å²) >= 11 is 0. The van der Waals surface area contributed by atoms with Crippen molar-refractivity contribution in [2.24, 2.45) is 23.7 Å². The molecule has 29 heavy (non-hydrogen) atoms. The Kier molecular flexibility index (Phi) is 3.60. The van der Waals surface area contributed by atoms with E-state index >= 15 is 0 Å². The molecule has 154 valence electrons. The van der Waals surface area contributed by atoms with Crippen molar-refractivity contribution in [2.75, 3.05) is 13.6 Å². The first-order valence-electron chi connectivity index (χ1n) is 11.4. The summed E-state index contributed by atoms with van der Waals surface area (Å²) in [7, 11) is 1.76. The Morgan fingerprint density at radius 1 is 1.03 bits per heavy atom. The molecule has 5 aliphatic carbocycles. The Balaban J connectivity index is 1.27. The molecule has 3 amide bonds. The molecule has 5 heteroatoms. The summed E-state index contributed by atoms with van der Waals surface area (Å²) in [5.74, 6) is 1.26. The van der Waals surface area contributed by atoms with Crippen LogP contribution in [0.5, 0.6) is 0 Å². The first-order chi connectivity index (χ1) is 13.9. The zero-order chi connectivity index (χ0) is 20.1. The molecule has 0 aromatic carbocycles.